The quantitative estimate of drug-likeness (QED) is 0.113. The molecular weight excluding hydrogens is 603 g/mol. The molecule has 2 atom stereocenters. The van der Waals surface area contributed by atoms with Crippen LogP contribution in [0.3, 0.4) is 0 Å². The molecule has 6 nitrogen and oxygen atoms in total. The summed E-state index contributed by atoms with van der Waals surface area (Å²) in [5.41, 5.74) is 2.57. The molecule has 0 bridgehead atoms. The van der Waals surface area contributed by atoms with Gasteiger partial charge in [0.15, 0.2) is 5.78 Å². The first-order valence-electron chi connectivity index (χ1n) is 16.4. The van der Waals surface area contributed by atoms with Gasteiger partial charge in [-0.25, -0.2) is 4.57 Å². The van der Waals surface area contributed by atoms with E-state index in [9.17, 15) is 4.57 Å². The van der Waals surface area contributed by atoms with Gasteiger partial charge in [0.25, 0.3) is 0 Å². The molecule has 2 fully saturated rings. The fourth-order valence-corrected chi connectivity index (χ4v) is 9.56. The van der Waals surface area contributed by atoms with Crippen LogP contribution in [0.5, 0.6) is 11.5 Å². The van der Waals surface area contributed by atoms with Gasteiger partial charge in [0.1, 0.15) is 11.5 Å². The molecule has 5 aromatic carbocycles. The van der Waals surface area contributed by atoms with Crippen molar-refractivity contribution in [1.82, 2.24) is 9.80 Å². The van der Waals surface area contributed by atoms with E-state index in [1.807, 2.05) is 54.6 Å². The van der Waals surface area contributed by atoms with Gasteiger partial charge in [0.2, 0.25) is 5.91 Å². The van der Waals surface area contributed by atoms with Crippen LogP contribution in [-0.2, 0) is 14.9 Å². The van der Waals surface area contributed by atoms with E-state index in [0.717, 1.165) is 29.7 Å². The Labute approximate surface area is 277 Å². The average Bonchev–Trinajstić information content (AvgIpc) is 3.83. The second kappa shape index (κ2) is 13.6. The summed E-state index contributed by atoms with van der Waals surface area (Å²) in [7, 11) is -3.91. The van der Waals surface area contributed by atoms with E-state index >= 15 is 4.79 Å². The molecule has 0 aliphatic carbocycles. The SMILES string of the molecule is O=C([C@@H]1CCCN1C(c1ccccc1)(c1ccccc1)c1ccccc1)N1CCC[C@@H]1P(=O)(Oc1ccccc1)Oc1ccccc1. The number of hydrogen-bond donors (Lipinski definition) is 0. The van der Waals surface area contributed by atoms with Crippen LogP contribution in [-0.4, -0.2) is 40.6 Å². The van der Waals surface area contributed by atoms with E-state index in [4.69, 9.17) is 9.05 Å². The van der Waals surface area contributed by atoms with Crippen LogP contribution in [0.1, 0.15) is 42.4 Å². The third kappa shape index (κ3) is 6.00. The van der Waals surface area contributed by atoms with Gasteiger partial charge in [-0.15, -0.1) is 0 Å². The number of nitrogens with zero attached hydrogens (tertiary/aromatic N) is 2. The smallest absolute Gasteiger partial charge is 0.415 e. The number of hydrogen-bond acceptors (Lipinski definition) is 5. The van der Waals surface area contributed by atoms with Gasteiger partial charge in [-0.05, 0) is 66.6 Å². The van der Waals surface area contributed by atoms with Crippen molar-refractivity contribution in [3.63, 3.8) is 0 Å². The van der Waals surface area contributed by atoms with Gasteiger partial charge >= 0.3 is 7.60 Å². The van der Waals surface area contributed by atoms with Crippen molar-refractivity contribution < 1.29 is 18.4 Å². The third-order valence-electron chi connectivity index (χ3n) is 9.36. The first-order valence-corrected chi connectivity index (χ1v) is 18.0. The summed E-state index contributed by atoms with van der Waals surface area (Å²) < 4.78 is 27.5. The highest BCUT2D eigenvalue weighted by Gasteiger charge is 2.53. The summed E-state index contributed by atoms with van der Waals surface area (Å²) >= 11 is 0. The van der Waals surface area contributed by atoms with Gasteiger partial charge in [0, 0.05) is 13.1 Å². The standard InChI is InChI=1S/C40H39N2O4P/c43-39(41-30-17-29-38(41)47(44,45-35-24-12-4-13-25-35)46-36-26-14-5-15-27-36)37-28-16-31-42(37)40(32-18-6-1-7-19-32,33-20-8-2-9-21-33)34-22-10-3-11-23-34/h1-15,18-27,37-38H,16-17,28-31H2/t37-,38-/m0/s1. The molecule has 1 amide bonds. The van der Waals surface area contributed by atoms with Crippen LogP contribution in [0, 0.1) is 0 Å². The molecule has 5 aromatic rings. The molecule has 0 saturated carbocycles. The Morgan fingerprint density at radius 2 is 0.979 bits per heavy atom. The number of para-hydroxylation sites is 2. The Morgan fingerprint density at radius 1 is 0.574 bits per heavy atom. The monoisotopic (exact) mass is 642 g/mol. The van der Waals surface area contributed by atoms with Crippen molar-refractivity contribution in [3.05, 3.63) is 168 Å². The van der Waals surface area contributed by atoms with Crippen LogP contribution in [0.25, 0.3) is 0 Å². The minimum atomic E-state index is -3.91. The molecule has 47 heavy (non-hydrogen) atoms. The van der Waals surface area contributed by atoms with Crippen LogP contribution < -0.4 is 9.05 Å². The van der Waals surface area contributed by atoms with Crippen LogP contribution >= 0.6 is 7.60 Å². The molecule has 7 heteroatoms. The minimum absolute atomic E-state index is 0.0364. The average molecular weight is 643 g/mol. The van der Waals surface area contributed by atoms with E-state index in [2.05, 4.69) is 77.7 Å². The summed E-state index contributed by atoms with van der Waals surface area (Å²) in [6.45, 7) is 1.22. The molecule has 0 N–H and O–H groups in total. The lowest BCUT2D eigenvalue weighted by Crippen LogP contribution is -2.56. The Kier molecular flexibility index (Phi) is 8.97. The van der Waals surface area contributed by atoms with Crippen molar-refractivity contribution in [3.8, 4) is 11.5 Å². The van der Waals surface area contributed by atoms with Gasteiger partial charge < -0.3 is 13.9 Å². The fraction of sp³-hybridized carbons (Fsp3) is 0.225. The Bertz CT molecular complexity index is 1660. The lowest BCUT2D eigenvalue weighted by atomic mass is 9.75. The topological polar surface area (TPSA) is 59.1 Å². The molecule has 0 radical (unpaired) electrons. The van der Waals surface area contributed by atoms with Gasteiger partial charge in [-0.2, -0.15) is 0 Å². The van der Waals surface area contributed by atoms with Crippen molar-refractivity contribution >= 4 is 13.5 Å². The lowest BCUT2D eigenvalue weighted by Gasteiger charge is -2.47. The van der Waals surface area contributed by atoms with Crippen molar-refractivity contribution in [1.29, 1.82) is 0 Å². The predicted octanol–water partition coefficient (Wildman–Crippen LogP) is 8.74. The predicted molar refractivity (Wildman–Crippen MR) is 185 cm³/mol. The molecule has 0 aromatic heterocycles. The van der Waals surface area contributed by atoms with E-state index in [0.29, 0.717) is 37.3 Å². The summed E-state index contributed by atoms with van der Waals surface area (Å²) in [6.07, 6.45) is 2.79. The second-order valence-electron chi connectivity index (χ2n) is 12.2. The maximum atomic E-state index is 15.0. The largest absolute Gasteiger partial charge is 0.453 e. The zero-order valence-electron chi connectivity index (χ0n) is 26.3. The first-order chi connectivity index (χ1) is 23.1. The fourth-order valence-electron chi connectivity index (χ4n) is 7.38. The van der Waals surface area contributed by atoms with Crippen molar-refractivity contribution in [2.75, 3.05) is 13.1 Å². The maximum Gasteiger partial charge on any atom is 0.453 e. The second-order valence-corrected chi connectivity index (χ2v) is 14.2. The molecular formula is C40H39N2O4P. The maximum absolute atomic E-state index is 15.0. The molecule has 2 saturated heterocycles. The molecule has 2 aliphatic heterocycles. The molecule has 7 rings (SSSR count). The number of rotatable bonds is 10. The Balaban J connectivity index is 1.30. The summed E-state index contributed by atoms with van der Waals surface area (Å²) in [5, 5.41) is 0. The van der Waals surface area contributed by atoms with Crippen molar-refractivity contribution in [2.45, 2.75) is 43.0 Å². The highest BCUT2D eigenvalue weighted by molar-refractivity contribution is 7.55. The molecule has 0 spiro atoms. The Morgan fingerprint density at radius 3 is 1.43 bits per heavy atom. The lowest BCUT2D eigenvalue weighted by molar-refractivity contribution is -0.137. The van der Waals surface area contributed by atoms with Crippen LogP contribution in [0.2, 0.25) is 0 Å². The van der Waals surface area contributed by atoms with E-state index in [1.165, 1.54) is 0 Å². The van der Waals surface area contributed by atoms with Gasteiger partial charge in [0.05, 0.1) is 11.6 Å². The summed E-state index contributed by atoms with van der Waals surface area (Å²) in [5.74, 6) is 0.137. The summed E-state index contributed by atoms with van der Waals surface area (Å²) in [6, 6.07) is 49.2. The number of benzene rings is 5. The number of likely N-dealkylation sites (tertiary alicyclic amines) is 2. The van der Waals surface area contributed by atoms with Gasteiger partial charge in [-0.1, -0.05) is 127 Å². The molecule has 0 unspecified atom stereocenters. The highest BCUT2D eigenvalue weighted by Crippen LogP contribution is 2.57. The number of amides is 1. The molecule has 238 valence electrons. The summed E-state index contributed by atoms with van der Waals surface area (Å²) in [4.78, 5) is 19.2. The third-order valence-corrected chi connectivity index (χ3v) is 11.6. The normalized spacial score (nSPS) is 18.6. The molecule has 2 heterocycles. The van der Waals surface area contributed by atoms with E-state index in [1.54, 1.807) is 29.2 Å². The van der Waals surface area contributed by atoms with Crippen molar-refractivity contribution in [2.24, 2.45) is 0 Å². The van der Waals surface area contributed by atoms with E-state index < -0.39 is 25.0 Å². The Hall–Kier alpha value is -4.64. The van der Waals surface area contributed by atoms with Gasteiger partial charge in [-0.3, -0.25) is 9.69 Å². The zero-order valence-corrected chi connectivity index (χ0v) is 27.2. The first kappa shape index (κ1) is 31.0. The molecule has 2 aliphatic rings. The van der Waals surface area contributed by atoms with Crippen LogP contribution in [0.4, 0.5) is 0 Å². The minimum Gasteiger partial charge on any atom is -0.415 e. The van der Waals surface area contributed by atoms with E-state index in [-0.39, 0.29) is 5.91 Å². The number of carbonyl (C=O) groups excluding carboxylic acids is 1. The zero-order chi connectivity index (χ0) is 32.1. The number of carbonyl (C=O) groups is 1. The highest BCUT2D eigenvalue weighted by atomic mass is 31.2. The van der Waals surface area contributed by atoms with Crippen LogP contribution in [0.15, 0.2) is 152 Å².